The maximum atomic E-state index is 12.9. The Hall–Kier alpha value is -2.98. The Labute approximate surface area is 160 Å². The van der Waals surface area contributed by atoms with E-state index in [9.17, 15) is 23.3 Å². The van der Waals surface area contributed by atoms with Crippen LogP contribution >= 0.6 is 0 Å². The van der Waals surface area contributed by atoms with Crippen LogP contribution in [0.15, 0.2) is 58.2 Å². The molecular formula is C18H18N4O5S. The molecule has 1 aromatic heterocycles. The maximum Gasteiger partial charge on any atom is 0.326 e. The molecule has 1 aliphatic rings. The van der Waals surface area contributed by atoms with Gasteiger partial charge in [0, 0.05) is 31.3 Å². The lowest BCUT2D eigenvalue weighted by molar-refractivity contribution is -0.385. The SMILES string of the molecule is O=c1[nH]c2ccccc2n1C1CCN(S(=O)(=O)c2cccc([N+](=O)[O-])c2)CC1. The number of sulfonamides is 1. The van der Waals surface area contributed by atoms with Gasteiger partial charge in [-0.2, -0.15) is 4.31 Å². The number of aromatic nitrogens is 2. The monoisotopic (exact) mass is 402 g/mol. The Morgan fingerprint density at radius 2 is 1.79 bits per heavy atom. The average Bonchev–Trinajstić information content (AvgIpc) is 3.04. The lowest BCUT2D eigenvalue weighted by Gasteiger charge is -2.31. The summed E-state index contributed by atoms with van der Waals surface area (Å²) in [5.41, 5.74) is 1.08. The first-order chi connectivity index (χ1) is 13.4. The van der Waals surface area contributed by atoms with Crippen LogP contribution in [-0.4, -0.2) is 40.3 Å². The quantitative estimate of drug-likeness (QED) is 0.530. The summed E-state index contributed by atoms with van der Waals surface area (Å²) >= 11 is 0. The number of nitro groups is 1. The highest BCUT2D eigenvalue weighted by atomic mass is 32.2. The van der Waals surface area contributed by atoms with E-state index < -0.39 is 14.9 Å². The van der Waals surface area contributed by atoms with Gasteiger partial charge in [-0.05, 0) is 31.0 Å². The van der Waals surface area contributed by atoms with Gasteiger partial charge in [-0.15, -0.1) is 0 Å². The summed E-state index contributed by atoms with van der Waals surface area (Å²) in [6.45, 7) is 0.475. The Kier molecular flexibility index (Phi) is 4.52. The van der Waals surface area contributed by atoms with Crippen molar-refractivity contribution in [1.29, 1.82) is 0 Å². The first-order valence-corrected chi connectivity index (χ1v) is 10.3. The van der Waals surface area contributed by atoms with Gasteiger partial charge in [-0.25, -0.2) is 13.2 Å². The number of hydrogen-bond donors (Lipinski definition) is 1. The lowest BCUT2D eigenvalue weighted by Crippen LogP contribution is -2.40. The second-order valence-electron chi connectivity index (χ2n) is 6.71. The largest absolute Gasteiger partial charge is 0.326 e. The van der Waals surface area contributed by atoms with Crippen molar-refractivity contribution in [3.8, 4) is 0 Å². The molecule has 1 fully saturated rings. The molecule has 146 valence electrons. The van der Waals surface area contributed by atoms with E-state index in [1.54, 1.807) is 4.57 Å². The van der Waals surface area contributed by atoms with Crippen LogP contribution in [0.25, 0.3) is 11.0 Å². The second-order valence-corrected chi connectivity index (χ2v) is 8.64. The minimum Gasteiger partial charge on any atom is -0.306 e. The third-order valence-corrected chi connectivity index (χ3v) is 6.97. The Morgan fingerprint density at radius 1 is 1.07 bits per heavy atom. The number of hydrogen-bond acceptors (Lipinski definition) is 5. The molecule has 0 spiro atoms. The molecule has 0 bridgehead atoms. The van der Waals surface area contributed by atoms with E-state index in [0.29, 0.717) is 12.8 Å². The van der Waals surface area contributed by atoms with E-state index in [1.165, 1.54) is 22.5 Å². The molecule has 0 atom stereocenters. The van der Waals surface area contributed by atoms with Crippen molar-refractivity contribution < 1.29 is 13.3 Å². The van der Waals surface area contributed by atoms with E-state index in [2.05, 4.69) is 4.98 Å². The molecule has 0 amide bonds. The summed E-state index contributed by atoms with van der Waals surface area (Å²) in [5.74, 6) is 0. The molecule has 1 saturated heterocycles. The summed E-state index contributed by atoms with van der Waals surface area (Å²) in [4.78, 5) is 25.4. The van der Waals surface area contributed by atoms with Crippen molar-refractivity contribution in [3.05, 3.63) is 69.1 Å². The number of para-hydroxylation sites is 2. The zero-order chi connectivity index (χ0) is 19.9. The predicted octanol–water partition coefficient (Wildman–Crippen LogP) is 2.26. The summed E-state index contributed by atoms with van der Waals surface area (Å²) in [6, 6.07) is 12.3. The van der Waals surface area contributed by atoms with E-state index in [1.807, 2.05) is 24.3 Å². The molecule has 0 radical (unpaired) electrons. The minimum atomic E-state index is -3.83. The fourth-order valence-electron chi connectivity index (χ4n) is 3.68. The smallest absolute Gasteiger partial charge is 0.306 e. The number of nitro benzene ring substituents is 1. The van der Waals surface area contributed by atoms with Gasteiger partial charge in [-0.3, -0.25) is 14.7 Å². The van der Waals surface area contributed by atoms with Crippen molar-refractivity contribution in [2.45, 2.75) is 23.8 Å². The number of aromatic amines is 1. The van der Waals surface area contributed by atoms with Crippen LogP contribution in [-0.2, 0) is 10.0 Å². The van der Waals surface area contributed by atoms with Gasteiger partial charge in [0.1, 0.15) is 0 Å². The zero-order valence-electron chi connectivity index (χ0n) is 14.8. The third kappa shape index (κ3) is 3.10. The fourth-order valence-corrected chi connectivity index (χ4v) is 5.19. The number of piperidine rings is 1. The maximum absolute atomic E-state index is 12.9. The molecule has 9 nitrogen and oxygen atoms in total. The standard InChI is InChI=1S/C18H18N4O5S/c23-18-19-16-6-1-2-7-17(16)21(18)13-8-10-20(11-9-13)28(26,27)15-5-3-4-14(12-15)22(24)25/h1-7,12-13H,8-11H2,(H,19,23). The van der Waals surface area contributed by atoms with Crippen molar-refractivity contribution in [1.82, 2.24) is 13.9 Å². The summed E-state index contributed by atoms with van der Waals surface area (Å²) in [5, 5.41) is 10.9. The third-order valence-electron chi connectivity index (χ3n) is 5.08. The van der Waals surface area contributed by atoms with Gasteiger partial charge in [0.25, 0.3) is 5.69 Å². The van der Waals surface area contributed by atoms with Gasteiger partial charge in [0.05, 0.1) is 20.9 Å². The fraction of sp³-hybridized carbons (Fsp3) is 0.278. The van der Waals surface area contributed by atoms with E-state index in [0.717, 1.165) is 17.1 Å². The molecule has 2 aromatic carbocycles. The van der Waals surface area contributed by atoms with E-state index in [4.69, 9.17) is 0 Å². The van der Waals surface area contributed by atoms with Gasteiger partial charge >= 0.3 is 5.69 Å². The first kappa shape index (κ1) is 18.4. The molecule has 0 aliphatic carbocycles. The number of H-pyrrole nitrogens is 1. The molecule has 28 heavy (non-hydrogen) atoms. The highest BCUT2D eigenvalue weighted by molar-refractivity contribution is 7.89. The minimum absolute atomic E-state index is 0.0931. The van der Waals surface area contributed by atoms with Gasteiger partial charge in [-0.1, -0.05) is 18.2 Å². The lowest BCUT2D eigenvalue weighted by atomic mass is 10.1. The van der Waals surface area contributed by atoms with E-state index >= 15 is 0 Å². The summed E-state index contributed by atoms with van der Waals surface area (Å²) in [7, 11) is -3.83. The van der Waals surface area contributed by atoms with E-state index in [-0.39, 0.29) is 35.4 Å². The van der Waals surface area contributed by atoms with Crippen LogP contribution in [0.4, 0.5) is 5.69 Å². The van der Waals surface area contributed by atoms with Crippen LogP contribution in [0.2, 0.25) is 0 Å². The summed E-state index contributed by atoms with van der Waals surface area (Å²) in [6.07, 6.45) is 0.964. The molecule has 0 unspecified atom stereocenters. The second kappa shape index (κ2) is 6.88. The highest BCUT2D eigenvalue weighted by Crippen LogP contribution is 2.29. The number of benzene rings is 2. The predicted molar refractivity (Wildman–Crippen MR) is 103 cm³/mol. The number of imidazole rings is 1. The molecule has 2 heterocycles. The molecule has 10 heteroatoms. The van der Waals surface area contributed by atoms with Crippen molar-refractivity contribution >= 4 is 26.7 Å². The van der Waals surface area contributed by atoms with Gasteiger partial charge in [0.15, 0.2) is 0 Å². The molecule has 3 aromatic rings. The number of non-ortho nitro benzene ring substituents is 1. The highest BCUT2D eigenvalue weighted by Gasteiger charge is 2.31. The van der Waals surface area contributed by atoms with Crippen LogP contribution in [0, 0.1) is 10.1 Å². The van der Waals surface area contributed by atoms with Crippen molar-refractivity contribution in [2.75, 3.05) is 13.1 Å². The van der Waals surface area contributed by atoms with Crippen LogP contribution in [0.3, 0.4) is 0 Å². The number of nitrogens with one attached hydrogen (secondary N) is 1. The molecule has 0 saturated carbocycles. The van der Waals surface area contributed by atoms with Crippen LogP contribution in [0.1, 0.15) is 18.9 Å². The van der Waals surface area contributed by atoms with Crippen molar-refractivity contribution in [2.24, 2.45) is 0 Å². The normalized spacial score (nSPS) is 16.4. The number of rotatable bonds is 4. The Morgan fingerprint density at radius 3 is 2.50 bits per heavy atom. The van der Waals surface area contributed by atoms with Crippen LogP contribution in [0.5, 0.6) is 0 Å². The molecular weight excluding hydrogens is 384 g/mol. The molecule has 1 N–H and O–H groups in total. The zero-order valence-corrected chi connectivity index (χ0v) is 15.6. The Bertz CT molecular complexity index is 1210. The molecule has 4 rings (SSSR count). The molecule has 1 aliphatic heterocycles. The summed E-state index contributed by atoms with van der Waals surface area (Å²) < 4.78 is 28.7. The number of nitrogens with zero attached hydrogens (tertiary/aromatic N) is 3. The van der Waals surface area contributed by atoms with Gasteiger partial charge < -0.3 is 4.98 Å². The first-order valence-electron chi connectivity index (χ1n) is 8.82. The number of fused-ring (bicyclic) bond motifs is 1. The average molecular weight is 402 g/mol. The Balaban J connectivity index is 1.57. The van der Waals surface area contributed by atoms with Crippen molar-refractivity contribution in [3.63, 3.8) is 0 Å². The topological polar surface area (TPSA) is 118 Å². The van der Waals surface area contributed by atoms with Gasteiger partial charge in [0.2, 0.25) is 10.0 Å². The van der Waals surface area contributed by atoms with Crippen LogP contribution < -0.4 is 5.69 Å².